The van der Waals surface area contributed by atoms with E-state index in [9.17, 15) is 4.79 Å². The molecule has 1 rings (SSSR count). The van der Waals surface area contributed by atoms with E-state index in [0.717, 1.165) is 12.8 Å². The van der Waals surface area contributed by atoms with Gasteiger partial charge < -0.3 is 0 Å². The Hall–Kier alpha value is -1.38. The summed E-state index contributed by atoms with van der Waals surface area (Å²) in [5, 5.41) is 0. The first-order valence-corrected chi connectivity index (χ1v) is 10.0. The van der Waals surface area contributed by atoms with Gasteiger partial charge in [0.1, 0.15) is 6.33 Å². The van der Waals surface area contributed by atoms with Crippen LogP contribution < -0.4 is 0 Å². The summed E-state index contributed by atoms with van der Waals surface area (Å²) in [7, 11) is 0. The molecule has 0 aliphatic heterocycles. The Kier molecular flexibility index (Phi) is 13.1. The lowest BCUT2D eigenvalue weighted by atomic mass is 10.1. The summed E-state index contributed by atoms with van der Waals surface area (Å²) >= 11 is 0. The van der Waals surface area contributed by atoms with Gasteiger partial charge in [-0.15, -0.1) is 0 Å². The van der Waals surface area contributed by atoms with Crippen LogP contribution in [0.25, 0.3) is 0 Å². The van der Waals surface area contributed by atoms with Crippen LogP contribution in [-0.2, 0) is 0 Å². The molecule has 1 heterocycles. The molecule has 0 saturated carbocycles. The third-order valence-electron chi connectivity index (χ3n) is 4.44. The van der Waals surface area contributed by atoms with Crippen LogP contribution in [0, 0.1) is 0 Å². The number of allylic oxidation sites excluding steroid dienone is 2. The van der Waals surface area contributed by atoms with E-state index in [1.807, 2.05) is 0 Å². The SMILES string of the molecule is CCCCCCCCC=CCCCCCCCC(=O)n1ccnc1. The summed E-state index contributed by atoms with van der Waals surface area (Å²) < 4.78 is 1.58. The summed E-state index contributed by atoms with van der Waals surface area (Å²) in [6.45, 7) is 2.27. The lowest BCUT2D eigenvalue weighted by Crippen LogP contribution is -2.07. The summed E-state index contributed by atoms with van der Waals surface area (Å²) in [6.07, 6.45) is 27.0. The van der Waals surface area contributed by atoms with E-state index in [2.05, 4.69) is 24.1 Å². The first-order valence-electron chi connectivity index (χ1n) is 10.0. The quantitative estimate of drug-likeness (QED) is 0.269. The maximum Gasteiger partial charge on any atom is 0.231 e. The predicted molar refractivity (Wildman–Crippen MR) is 102 cm³/mol. The average Bonchev–Trinajstić information content (AvgIpc) is 3.13. The van der Waals surface area contributed by atoms with E-state index in [0.29, 0.717) is 6.42 Å². The molecule has 0 N–H and O–H groups in total. The third kappa shape index (κ3) is 11.2. The molecule has 24 heavy (non-hydrogen) atoms. The summed E-state index contributed by atoms with van der Waals surface area (Å²) in [5.74, 6) is 0.158. The molecule has 1 aromatic heterocycles. The van der Waals surface area contributed by atoms with Crippen molar-refractivity contribution < 1.29 is 4.79 Å². The molecule has 0 radical (unpaired) electrons. The van der Waals surface area contributed by atoms with E-state index >= 15 is 0 Å². The van der Waals surface area contributed by atoms with Gasteiger partial charge >= 0.3 is 0 Å². The highest BCUT2D eigenvalue weighted by atomic mass is 16.2. The van der Waals surface area contributed by atoms with Crippen molar-refractivity contribution in [2.24, 2.45) is 0 Å². The molecule has 0 amide bonds. The molecule has 0 spiro atoms. The molecule has 0 aliphatic rings. The fourth-order valence-corrected chi connectivity index (χ4v) is 2.88. The van der Waals surface area contributed by atoms with Crippen molar-refractivity contribution in [2.75, 3.05) is 0 Å². The Morgan fingerprint density at radius 1 is 0.875 bits per heavy atom. The smallest absolute Gasteiger partial charge is 0.231 e. The van der Waals surface area contributed by atoms with Crippen molar-refractivity contribution in [3.05, 3.63) is 30.9 Å². The standard InChI is InChI=1S/C21H36N2O/c1-2-3-4-5-6-7-8-9-10-11-12-13-14-15-16-17-21(24)23-19-18-22-20-23/h9-10,18-20H,2-8,11-17H2,1H3. The molecule has 0 aliphatic carbocycles. The largest absolute Gasteiger partial charge is 0.276 e. The predicted octanol–water partition coefficient (Wildman–Crippen LogP) is 6.56. The van der Waals surface area contributed by atoms with Gasteiger partial charge in [0.05, 0.1) is 0 Å². The molecule has 0 saturated heterocycles. The molecular formula is C21H36N2O. The molecular weight excluding hydrogens is 296 g/mol. The van der Waals surface area contributed by atoms with Gasteiger partial charge in [-0.05, 0) is 32.1 Å². The topological polar surface area (TPSA) is 34.9 Å². The molecule has 1 aromatic rings. The number of hydrogen-bond donors (Lipinski definition) is 0. The Morgan fingerprint density at radius 3 is 2.04 bits per heavy atom. The van der Waals surface area contributed by atoms with Crippen LogP contribution in [0.1, 0.15) is 102 Å². The van der Waals surface area contributed by atoms with Crippen molar-refractivity contribution in [3.63, 3.8) is 0 Å². The minimum atomic E-state index is 0.158. The summed E-state index contributed by atoms with van der Waals surface area (Å²) in [5.41, 5.74) is 0. The number of hydrogen-bond acceptors (Lipinski definition) is 2. The van der Waals surface area contributed by atoms with Gasteiger partial charge in [0.2, 0.25) is 5.91 Å². The fourth-order valence-electron chi connectivity index (χ4n) is 2.88. The number of nitrogens with zero attached hydrogens (tertiary/aromatic N) is 2. The highest BCUT2D eigenvalue weighted by molar-refractivity contribution is 5.78. The Morgan fingerprint density at radius 2 is 1.46 bits per heavy atom. The highest BCUT2D eigenvalue weighted by Crippen LogP contribution is 2.10. The number of unbranched alkanes of at least 4 members (excludes halogenated alkanes) is 11. The third-order valence-corrected chi connectivity index (χ3v) is 4.44. The first kappa shape index (κ1) is 20.7. The van der Waals surface area contributed by atoms with Gasteiger partial charge in [-0.1, -0.05) is 70.4 Å². The van der Waals surface area contributed by atoms with E-state index in [-0.39, 0.29) is 5.91 Å². The second-order valence-electron chi connectivity index (χ2n) is 6.70. The number of rotatable bonds is 15. The van der Waals surface area contributed by atoms with Crippen LogP contribution in [0.3, 0.4) is 0 Å². The van der Waals surface area contributed by atoms with Crippen LogP contribution in [0.15, 0.2) is 30.9 Å². The maximum absolute atomic E-state index is 11.8. The minimum Gasteiger partial charge on any atom is -0.276 e. The number of carbonyl (C=O) groups excluding carboxylic acids is 1. The van der Waals surface area contributed by atoms with Crippen molar-refractivity contribution >= 4 is 5.91 Å². The Bertz CT molecular complexity index is 423. The van der Waals surface area contributed by atoms with Gasteiger partial charge in [-0.3, -0.25) is 9.36 Å². The molecule has 0 unspecified atom stereocenters. The molecule has 0 bridgehead atoms. The van der Waals surface area contributed by atoms with Crippen molar-refractivity contribution in [2.45, 2.75) is 96.8 Å². The Labute approximate surface area is 148 Å². The second kappa shape index (κ2) is 15.2. The molecule has 136 valence electrons. The van der Waals surface area contributed by atoms with Crippen LogP contribution in [0.2, 0.25) is 0 Å². The van der Waals surface area contributed by atoms with Crippen LogP contribution in [0.5, 0.6) is 0 Å². The summed E-state index contributed by atoms with van der Waals surface area (Å²) in [4.78, 5) is 15.7. The lowest BCUT2D eigenvalue weighted by Gasteiger charge is -2.01. The zero-order valence-electron chi connectivity index (χ0n) is 15.6. The summed E-state index contributed by atoms with van der Waals surface area (Å²) in [6, 6.07) is 0. The first-order chi connectivity index (χ1) is 11.8. The van der Waals surface area contributed by atoms with Gasteiger partial charge in [0.25, 0.3) is 0 Å². The fraction of sp³-hybridized carbons (Fsp3) is 0.714. The zero-order valence-corrected chi connectivity index (χ0v) is 15.6. The van der Waals surface area contributed by atoms with Gasteiger partial charge in [-0.2, -0.15) is 0 Å². The molecule has 0 aromatic carbocycles. The molecule has 0 atom stereocenters. The molecule has 3 nitrogen and oxygen atoms in total. The van der Waals surface area contributed by atoms with Gasteiger partial charge in [0, 0.05) is 18.8 Å². The van der Waals surface area contributed by atoms with E-state index in [1.165, 1.54) is 70.6 Å². The number of aromatic nitrogens is 2. The van der Waals surface area contributed by atoms with E-state index in [4.69, 9.17) is 0 Å². The van der Waals surface area contributed by atoms with Crippen molar-refractivity contribution in [1.29, 1.82) is 0 Å². The van der Waals surface area contributed by atoms with Crippen LogP contribution in [-0.4, -0.2) is 15.5 Å². The van der Waals surface area contributed by atoms with Crippen LogP contribution in [0.4, 0.5) is 0 Å². The molecule has 3 heteroatoms. The second-order valence-corrected chi connectivity index (χ2v) is 6.70. The minimum absolute atomic E-state index is 0.158. The zero-order chi connectivity index (χ0) is 17.3. The van der Waals surface area contributed by atoms with Gasteiger partial charge in [0.15, 0.2) is 0 Å². The van der Waals surface area contributed by atoms with Crippen molar-refractivity contribution in [1.82, 2.24) is 9.55 Å². The molecule has 0 fully saturated rings. The average molecular weight is 333 g/mol. The number of imidazole rings is 1. The monoisotopic (exact) mass is 332 g/mol. The highest BCUT2D eigenvalue weighted by Gasteiger charge is 2.02. The maximum atomic E-state index is 11.8. The normalized spacial score (nSPS) is 11.4. The van der Waals surface area contributed by atoms with Crippen LogP contribution >= 0.6 is 0 Å². The van der Waals surface area contributed by atoms with Crippen molar-refractivity contribution in [3.8, 4) is 0 Å². The van der Waals surface area contributed by atoms with Gasteiger partial charge in [-0.25, -0.2) is 4.98 Å². The number of carbonyl (C=O) groups is 1. The van der Waals surface area contributed by atoms with E-state index in [1.54, 1.807) is 23.3 Å². The lowest BCUT2D eigenvalue weighted by molar-refractivity contribution is 0.0898. The Balaban J connectivity index is 1.80. The van der Waals surface area contributed by atoms with E-state index < -0.39 is 0 Å².